The van der Waals surface area contributed by atoms with Gasteiger partial charge < -0.3 is 5.32 Å². The van der Waals surface area contributed by atoms with Crippen LogP contribution < -0.4 is 5.32 Å². The monoisotopic (exact) mass is 216 g/mol. The highest BCUT2D eigenvalue weighted by Crippen LogP contribution is 2.17. The Morgan fingerprint density at radius 2 is 2.12 bits per heavy atom. The lowest BCUT2D eigenvalue weighted by molar-refractivity contribution is 0.628. The Balaban J connectivity index is 2.27. The maximum atomic E-state index is 13.0. The molecular weight excluding hydrogens is 203 g/mol. The van der Waals surface area contributed by atoms with Crippen LogP contribution in [0.3, 0.4) is 0 Å². The Morgan fingerprint density at radius 3 is 2.75 bits per heavy atom. The maximum absolute atomic E-state index is 13.0. The predicted octanol–water partition coefficient (Wildman–Crippen LogP) is 2.61. The standard InChI is InChI=1S/C13H13FN2/c1-15-8-10-5-6-13(16-9-10)11-3-2-4-12(14)7-11/h2-7,9,15H,8H2,1H3. The predicted molar refractivity (Wildman–Crippen MR) is 62.4 cm³/mol. The average Bonchev–Trinajstić information content (AvgIpc) is 2.30. The first kappa shape index (κ1) is 10.8. The number of benzene rings is 1. The summed E-state index contributed by atoms with van der Waals surface area (Å²) in [6.45, 7) is 0.788. The molecule has 82 valence electrons. The molecule has 1 N–H and O–H groups in total. The van der Waals surface area contributed by atoms with Crippen molar-refractivity contribution in [1.82, 2.24) is 10.3 Å². The van der Waals surface area contributed by atoms with E-state index >= 15 is 0 Å². The lowest BCUT2D eigenvalue weighted by Gasteiger charge is -2.03. The number of pyridine rings is 1. The third-order valence-electron chi connectivity index (χ3n) is 2.33. The summed E-state index contributed by atoms with van der Waals surface area (Å²) >= 11 is 0. The summed E-state index contributed by atoms with van der Waals surface area (Å²) in [5.74, 6) is -0.237. The molecule has 2 aromatic rings. The molecule has 0 fully saturated rings. The van der Waals surface area contributed by atoms with Gasteiger partial charge in [-0.05, 0) is 30.8 Å². The first-order chi connectivity index (χ1) is 7.79. The highest BCUT2D eigenvalue weighted by Gasteiger charge is 2.00. The maximum Gasteiger partial charge on any atom is 0.123 e. The Bertz CT molecular complexity index is 466. The molecule has 0 radical (unpaired) electrons. The van der Waals surface area contributed by atoms with Crippen molar-refractivity contribution in [2.75, 3.05) is 7.05 Å². The molecule has 0 bridgehead atoms. The molecule has 1 aromatic carbocycles. The van der Waals surface area contributed by atoms with Gasteiger partial charge in [-0.1, -0.05) is 18.2 Å². The van der Waals surface area contributed by atoms with Crippen LogP contribution in [0.4, 0.5) is 4.39 Å². The molecule has 2 nitrogen and oxygen atoms in total. The van der Waals surface area contributed by atoms with E-state index in [-0.39, 0.29) is 5.82 Å². The van der Waals surface area contributed by atoms with E-state index in [2.05, 4.69) is 10.3 Å². The van der Waals surface area contributed by atoms with Gasteiger partial charge >= 0.3 is 0 Å². The molecule has 1 heterocycles. The summed E-state index contributed by atoms with van der Waals surface area (Å²) in [5.41, 5.74) is 2.71. The number of rotatable bonds is 3. The van der Waals surface area contributed by atoms with Gasteiger partial charge in [-0.15, -0.1) is 0 Å². The number of nitrogens with one attached hydrogen (secondary N) is 1. The van der Waals surface area contributed by atoms with Gasteiger partial charge in [-0.2, -0.15) is 0 Å². The molecule has 1 aromatic heterocycles. The smallest absolute Gasteiger partial charge is 0.123 e. The van der Waals surface area contributed by atoms with Crippen LogP contribution in [0.15, 0.2) is 42.6 Å². The van der Waals surface area contributed by atoms with Crippen molar-refractivity contribution in [1.29, 1.82) is 0 Å². The topological polar surface area (TPSA) is 24.9 Å². The van der Waals surface area contributed by atoms with E-state index in [9.17, 15) is 4.39 Å². The molecule has 0 saturated carbocycles. The Labute approximate surface area is 94.2 Å². The highest BCUT2D eigenvalue weighted by atomic mass is 19.1. The van der Waals surface area contributed by atoms with Gasteiger partial charge in [0.15, 0.2) is 0 Å². The fourth-order valence-electron chi connectivity index (χ4n) is 1.55. The van der Waals surface area contributed by atoms with Crippen LogP contribution in [0.1, 0.15) is 5.56 Å². The number of nitrogens with zero attached hydrogens (tertiary/aromatic N) is 1. The van der Waals surface area contributed by atoms with Crippen LogP contribution in [0, 0.1) is 5.82 Å². The molecule has 0 spiro atoms. The van der Waals surface area contributed by atoms with Gasteiger partial charge in [0, 0.05) is 18.3 Å². The SMILES string of the molecule is CNCc1ccc(-c2cccc(F)c2)nc1. The van der Waals surface area contributed by atoms with Gasteiger partial charge in [0.1, 0.15) is 5.82 Å². The van der Waals surface area contributed by atoms with Crippen LogP contribution in [0.5, 0.6) is 0 Å². The Hall–Kier alpha value is -1.74. The first-order valence-corrected chi connectivity index (χ1v) is 5.15. The fourth-order valence-corrected chi connectivity index (χ4v) is 1.55. The van der Waals surface area contributed by atoms with E-state index in [1.54, 1.807) is 12.3 Å². The molecule has 0 aliphatic heterocycles. The zero-order chi connectivity index (χ0) is 11.4. The summed E-state index contributed by atoms with van der Waals surface area (Å²) in [5, 5.41) is 3.05. The number of hydrogen-bond donors (Lipinski definition) is 1. The van der Waals surface area contributed by atoms with E-state index in [0.717, 1.165) is 23.4 Å². The second kappa shape index (κ2) is 4.86. The van der Waals surface area contributed by atoms with Crippen LogP contribution in [0.25, 0.3) is 11.3 Å². The van der Waals surface area contributed by atoms with Crippen molar-refractivity contribution in [3.8, 4) is 11.3 Å². The molecule has 0 amide bonds. The first-order valence-electron chi connectivity index (χ1n) is 5.15. The van der Waals surface area contributed by atoms with E-state index < -0.39 is 0 Å². The van der Waals surface area contributed by atoms with Gasteiger partial charge in [-0.3, -0.25) is 4.98 Å². The van der Waals surface area contributed by atoms with Crippen molar-refractivity contribution in [3.05, 3.63) is 54.0 Å². The highest BCUT2D eigenvalue weighted by molar-refractivity contribution is 5.58. The van der Waals surface area contributed by atoms with Crippen molar-refractivity contribution in [2.24, 2.45) is 0 Å². The number of halogens is 1. The minimum absolute atomic E-state index is 0.237. The largest absolute Gasteiger partial charge is 0.316 e. The van der Waals surface area contributed by atoms with E-state index in [1.165, 1.54) is 12.1 Å². The molecular formula is C13H13FN2. The van der Waals surface area contributed by atoms with Crippen LogP contribution in [-0.4, -0.2) is 12.0 Å². The lowest BCUT2D eigenvalue weighted by Crippen LogP contribution is -2.05. The number of hydrogen-bond acceptors (Lipinski definition) is 2. The number of aromatic nitrogens is 1. The lowest BCUT2D eigenvalue weighted by atomic mass is 10.1. The summed E-state index contributed by atoms with van der Waals surface area (Å²) in [6, 6.07) is 10.3. The molecule has 2 rings (SSSR count). The van der Waals surface area contributed by atoms with Crippen LogP contribution in [-0.2, 0) is 6.54 Å². The van der Waals surface area contributed by atoms with Crippen LogP contribution >= 0.6 is 0 Å². The van der Waals surface area contributed by atoms with E-state index in [1.807, 2.05) is 25.2 Å². The summed E-state index contributed by atoms with van der Waals surface area (Å²) in [7, 11) is 1.89. The van der Waals surface area contributed by atoms with Gasteiger partial charge in [0.25, 0.3) is 0 Å². The molecule has 3 heteroatoms. The minimum Gasteiger partial charge on any atom is -0.316 e. The molecule has 0 atom stereocenters. The molecule has 0 aliphatic rings. The molecule has 0 aliphatic carbocycles. The normalized spacial score (nSPS) is 10.4. The van der Waals surface area contributed by atoms with E-state index in [0.29, 0.717) is 0 Å². The van der Waals surface area contributed by atoms with Crippen molar-refractivity contribution >= 4 is 0 Å². The van der Waals surface area contributed by atoms with Gasteiger partial charge in [0.05, 0.1) is 5.69 Å². The molecule has 0 unspecified atom stereocenters. The third-order valence-corrected chi connectivity index (χ3v) is 2.33. The fraction of sp³-hybridized carbons (Fsp3) is 0.154. The second-order valence-corrected chi connectivity index (χ2v) is 3.59. The minimum atomic E-state index is -0.237. The van der Waals surface area contributed by atoms with Crippen molar-refractivity contribution in [2.45, 2.75) is 6.54 Å². The third kappa shape index (κ3) is 2.44. The summed E-state index contributed by atoms with van der Waals surface area (Å²) in [4.78, 5) is 4.30. The van der Waals surface area contributed by atoms with E-state index in [4.69, 9.17) is 0 Å². The molecule has 16 heavy (non-hydrogen) atoms. The zero-order valence-electron chi connectivity index (χ0n) is 9.07. The summed E-state index contributed by atoms with van der Waals surface area (Å²) < 4.78 is 13.0. The van der Waals surface area contributed by atoms with Crippen molar-refractivity contribution in [3.63, 3.8) is 0 Å². The van der Waals surface area contributed by atoms with Crippen molar-refractivity contribution < 1.29 is 4.39 Å². The Morgan fingerprint density at radius 1 is 1.25 bits per heavy atom. The average molecular weight is 216 g/mol. The quantitative estimate of drug-likeness (QED) is 0.853. The molecule has 0 saturated heterocycles. The van der Waals surface area contributed by atoms with Gasteiger partial charge in [-0.25, -0.2) is 4.39 Å². The zero-order valence-corrected chi connectivity index (χ0v) is 9.07. The Kier molecular flexibility index (Phi) is 3.27. The van der Waals surface area contributed by atoms with Gasteiger partial charge in [0.2, 0.25) is 0 Å². The summed E-state index contributed by atoms with van der Waals surface area (Å²) in [6.07, 6.45) is 1.80. The van der Waals surface area contributed by atoms with Crippen LogP contribution in [0.2, 0.25) is 0 Å². The second-order valence-electron chi connectivity index (χ2n) is 3.59.